The number of methoxy groups -OCH3 is 3. The number of carbonyl (C=O) groups is 2. The minimum atomic E-state index is -0.910. The summed E-state index contributed by atoms with van der Waals surface area (Å²) in [6.07, 6.45) is 0.732. The number of ether oxygens (including phenoxy) is 3. The lowest BCUT2D eigenvalue weighted by molar-refractivity contribution is -0.144. The van der Waals surface area contributed by atoms with E-state index in [0.29, 0.717) is 34.9 Å². The zero-order valence-electron chi connectivity index (χ0n) is 18.8. The van der Waals surface area contributed by atoms with Crippen LogP contribution >= 0.6 is 0 Å². The number of ketones is 1. The Morgan fingerprint density at radius 2 is 1.79 bits per heavy atom. The van der Waals surface area contributed by atoms with Crippen LogP contribution in [-0.2, 0) is 14.3 Å². The van der Waals surface area contributed by atoms with E-state index >= 15 is 0 Å². The maximum absolute atomic E-state index is 14.9. The van der Waals surface area contributed by atoms with Gasteiger partial charge in [-0.25, -0.2) is 4.39 Å². The van der Waals surface area contributed by atoms with Gasteiger partial charge in [0.2, 0.25) is 0 Å². The van der Waals surface area contributed by atoms with E-state index in [9.17, 15) is 14.0 Å². The maximum atomic E-state index is 14.9. The largest absolute Gasteiger partial charge is 0.493 e. The molecule has 2 aliphatic rings. The van der Waals surface area contributed by atoms with Gasteiger partial charge in [0.15, 0.2) is 17.3 Å². The molecule has 1 N–H and O–H groups in total. The first-order valence-electron chi connectivity index (χ1n) is 10.7. The van der Waals surface area contributed by atoms with Crippen LogP contribution in [0.2, 0.25) is 0 Å². The zero-order chi connectivity index (χ0) is 23.7. The molecule has 0 amide bonds. The molecule has 0 radical (unpaired) electrons. The van der Waals surface area contributed by atoms with Crippen LogP contribution in [0.4, 0.5) is 4.39 Å². The summed E-state index contributed by atoms with van der Waals surface area (Å²) >= 11 is 0. The Labute approximate surface area is 192 Å². The molecule has 0 spiro atoms. The molecule has 6 nitrogen and oxygen atoms in total. The van der Waals surface area contributed by atoms with Gasteiger partial charge in [0, 0.05) is 29.3 Å². The summed E-state index contributed by atoms with van der Waals surface area (Å²) < 4.78 is 30.6. The van der Waals surface area contributed by atoms with Crippen molar-refractivity contribution in [1.82, 2.24) is 5.32 Å². The molecule has 0 fully saturated rings. The smallest absolute Gasteiger partial charge is 0.315 e. The highest BCUT2D eigenvalue weighted by Gasteiger charge is 2.46. The maximum Gasteiger partial charge on any atom is 0.315 e. The van der Waals surface area contributed by atoms with Gasteiger partial charge in [-0.2, -0.15) is 0 Å². The van der Waals surface area contributed by atoms with Gasteiger partial charge < -0.3 is 19.5 Å². The number of esters is 1. The third-order valence-electron chi connectivity index (χ3n) is 6.41. The van der Waals surface area contributed by atoms with E-state index in [4.69, 9.17) is 14.2 Å². The van der Waals surface area contributed by atoms with Crippen LogP contribution < -0.4 is 14.8 Å². The number of nitrogens with one attached hydrogen (secondary N) is 1. The fraction of sp³-hybridized carbons (Fsp3) is 0.308. The normalized spacial score (nSPS) is 22.4. The third-order valence-corrected chi connectivity index (χ3v) is 6.41. The second-order valence-electron chi connectivity index (χ2n) is 8.19. The molecule has 2 aromatic carbocycles. The Morgan fingerprint density at radius 1 is 1.06 bits per heavy atom. The molecule has 0 saturated carbocycles. The van der Waals surface area contributed by atoms with E-state index < -0.39 is 23.6 Å². The van der Waals surface area contributed by atoms with Crippen LogP contribution in [0.5, 0.6) is 11.5 Å². The molecule has 33 heavy (non-hydrogen) atoms. The van der Waals surface area contributed by atoms with Gasteiger partial charge in [0.25, 0.3) is 0 Å². The Hall–Kier alpha value is -3.61. The average Bonchev–Trinajstić information content (AvgIpc) is 2.82. The first kappa shape index (κ1) is 22.6. The third kappa shape index (κ3) is 3.99. The molecule has 3 unspecified atom stereocenters. The fourth-order valence-corrected chi connectivity index (χ4v) is 4.86. The van der Waals surface area contributed by atoms with E-state index in [1.807, 2.05) is 18.2 Å². The van der Waals surface area contributed by atoms with E-state index in [0.717, 1.165) is 5.56 Å². The van der Waals surface area contributed by atoms with Crippen LogP contribution in [0.3, 0.4) is 0 Å². The topological polar surface area (TPSA) is 73.9 Å². The lowest BCUT2D eigenvalue weighted by Crippen LogP contribution is -2.42. The second kappa shape index (κ2) is 9.10. The molecule has 0 aromatic heterocycles. The van der Waals surface area contributed by atoms with Crippen molar-refractivity contribution in [2.24, 2.45) is 5.92 Å². The van der Waals surface area contributed by atoms with Gasteiger partial charge in [-0.1, -0.05) is 30.8 Å². The molecule has 0 saturated heterocycles. The standard InChI is InChI=1S/C26H26FNO5/c1-14-23(26(30)33-4)24(17-7-5-6-8-18(17)27)25-19(28-14)11-16(12-20(25)29)15-9-10-21(31-2)22(13-15)32-3/h5-10,13,16,23-24,28H,1,11-12H2,2-4H3. The Morgan fingerprint density at radius 3 is 2.45 bits per heavy atom. The highest BCUT2D eigenvalue weighted by atomic mass is 19.1. The Balaban J connectivity index is 1.79. The van der Waals surface area contributed by atoms with Gasteiger partial charge in [-0.3, -0.25) is 9.59 Å². The van der Waals surface area contributed by atoms with Crippen molar-refractivity contribution in [3.8, 4) is 11.5 Å². The highest BCUT2D eigenvalue weighted by molar-refractivity contribution is 6.01. The van der Waals surface area contributed by atoms with Gasteiger partial charge in [0.05, 0.1) is 21.3 Å². The quantitative estimate of drug-likeness (QED) is 0.686. The zero-order valence-corrected chi connectivity index (χ0v) is 18.8. The van der Waals surface area contributed by atoms with Crippen molar-refractivity contribution in [1.29, 1.82) is 0 Å². The Bertz CT molecular complexity index is 1160. The van der Waals surface area contributed by atoms with Crippen LogP contribution in [0.25, 0.3) is 0 Å². The molecule has 3 atom stereocenters. The van der Waals surface area contributed by atoms with Crippen LogP contribution in [0.1, 0.15) is 35.8 Å². The van der Waals surface area contributed by atoms with E-state index in [-0.39, 0.29) is 23.7 Å². The molecule has 1 aliphatic carbocycles. The first-order chi connectivity index (χ1) is 15.9. The summed E-state index contributed by atoms with van der Waals surface area (Å²) in [5.41, 5.74) is 2.66. The number of Topliss-reactive ketones (excluding diaryl/α,β-unsaturated/α-hetero) is 1. The fourth-order valence-electron chi connectivity index (χ4n) is 4.86. The van der Waals surface area contributed by atoms with Crippen molar-refractivity contribution >= 4 is 11.8 Å². The summed E-state index contributed by atoms with van der Waals surface area (Å²) in [6, 6.07) is 11.8. The Kier molecular flexibility index (Phi) is 6.22. The van der Waals surface area contributed by atoms with Gasteiger partial charge >= 0.3 is 5.97 Å². The number of rotatable bonds is 5. The first-order valence-corrected chi connectivity index (χ1v) is 10.7. The molecule has 7 heteroatoms. The minimum Gasteiger partial charge on any atom is -0.493 e. The molecule has 1 aliphatic heterocycles. The molecule has 172 valence electrons. The van der Waals surface area contributed by atoms with E-state index in [1.165, 1.54) is 13.2 Å². The SMILES string of the molecule is C=C1NC2=C(C(=O)CC(c3ccc(OC)c(OC)c3)C2)C(c2ccccc2F)C1C(=O)OC. The number of benzene rings is 2. The van der Waals surface area contributed by atoms with Crippen molar-refractivity contribution in [2.45, 2.75) is 24.7 Å². The summed E-state index contributed by atoms with van der Waals surface area (Å²) in [4.78, 5) is 26.2. The van der Waals surface area contributed by atoms with E-state index in [2.05, 4.69) is 11.9 Å². The highest BCUT2D eigenvalue weighted by Crippen LogP contribution is 2.48. The molecular formula is C26H26FNO5. The molecule has 4 rings (SSSR count). The van der Waals surface area contributed by atoms with Gasteiger partial charge in [-0.05, 0) is 41.7 Å². The number of allylic oxidation sites excluding steroid dienone is 2. The molecule has 0 bridgehead atoms. The number of hydrogen-bond acceptors (Lipinski definition) is 6. The van der Waals surface area contributed by atoms with Gasteiger partial charge in [0.1, 0.15) is 11.7 Å². The average molecular weight is 451 g/mol. The summed E-state index contributed by atoms with van der Waals surface area (Å²) in [7, 11) is 4.40. The number of carbonyl (C=O) groups excluding carboxylic acids is 2. The molecule has 2 aromatic rings. The van der Waals surface area contributed by atoms with Crippen LogP contribution in [0.15, 0.2) is 66.0 Å². The lowest BCUT2D eigenvalue weighted by atomic mass is 9.69. The van der Waals surface area contributed by atoms with Crippen molar-refractivity contribution in [2.75, 3.05) is 21.3 Å². The monoisotopic (exact) mass is 451 g/mol. The minimum absolute atomic E-state index is 0.118. The summed E-state index contributed by atoms with van der Waals surface area (Å²) in [5, 5.41) is 3.17. The second-order valence-corrected chi connectivity index (χ2v) is 8.19. The number of hydrogen-bond donors (Lipinski definition) is 1. The van der Waals surface area contributed by atoms with Crippen LogP contribution in [-0.4, -0.2) is 33.1 Å². The van der Waals surface area contributed by atoms with E-state index in [1.54, 1.807) is 32.4 Å². The summed E-state index contributed by atoms with van der Waals surface area (Å²) in [6.45, 7) is 4.02. The van der Waals surface area contributed by atoms with Gasteiger partial charge in [-0.15, -0.1) is 0 Å². The van der Waals surface area contributed by atoms with Crippen molar-refractivity contribution < 1.29 is 28.2 Å². The summed E-state index contributed by atoms with van der Waals surface area (Å²) in [5.74, 6) is -1.83. The lowest BCUT2D eigenvalue weighted by Gasteiger charge is -2.40. The molecular weight excluding hydrogens is 425 g/mol. The molecule has 1 heterocycles. The van der Waals surface area contributed by atoms with Crippen LogP contribution in [0, 0.1) is 11.7 Å². The number of halogens is 1. The van der Waals surface area contributed by atoms with Crippen molar-refractivity contribution in [3.63, 3.8) is 0 Å². The van der Waals surface area contributed by atoms with Crippen molar-refractivity contribution in [3.05, 3.63) is 83.0 Å². The predicted molar refractivity (Wildman–Crippen MR) is 120 cm³/mol. The predicted octanol–water partition coefficient (Wildman–Crippen LogP) is 4.23.